The summed E-state index contributed by atoms with van der Waals surface area (Å²) in [6.07, 6.45) is 2.31. The number of carboxylic acid groups (broad SMARTS) is 1. The quantitative estimate of drug-likeness (QED) is 0.742. The number of pyridine rings is 1. The average Bonchev–Trinajstić information content (AvgIpc) is 2.28. The van der Waals surface area contributed by atoms with Crippen molar-refractivity contribution in [2.24, 2.45) is 0 Å². The zero-order valence-electron chi connectivity index (χ0n) is 8.81. The molecule has 1 fully saturated rings. The molecule has 0 radical (unpaired) electrons. The molecule has 1 aromatic rings. The standard InChI is InChI=1S/C11H13N3O2/c15-11(16)8-3-4-9-10(13-8)12-7-2-1-5-14(9)6-7/h3-4,7H,1-2,5-6H2,(H,12,13)(H,15,16)/t7-/m0/s1. The lowest BCUT2D eigenvalue weighted by molar-refractivity contribution is 0.0690. The number of anilines is 2. The van der Waals surface area contributed by atoms with E-state index in [-0.39, 0.29) is 5.69 Å². The van der Waals surface area contributed by atoms with Crippen LogP contribution in [0.15, 0.2) is 12.1 Å². The lowest BCUT2D eigenvalue weighted by Gasteiger charge is -2.40. The van der Waals surface area contributed by atoms with Crippen molar-refractivity contribution >= 4 is 17.5 Å². The topological polar surface area (TPSA) is 65.5 Å². The van der Waals surface area contributed by atoms with Gasteiger partial charge in [-0.05, 0) is 25.0 Å². The molecule has 84 valence electrons. The summed E-state index contributed by atoms with van der Waals surface area (Å²) in [5, 5.41) is 12.2. The molecule has 1 aromatic heterocycles. The van der Waals surface area contributed by atoms with Crippen LogP contribution in [0.25, 0.3) is 0 Å². The van der Waals surface area contributed by atoms with Crippen molar-refractivity contribution in [3.63, 3.8) is 0 Å². The predicted octanol–water partition coefficient (Wildman–Crippen LogP) is 1.17. The number of piperidine rings is 1. The van der Waals surface area contributed by atoms with E-state index < -0.39 is 5.97 Å². The van der Waals surface area contributed by atoms with Crippen molar-refractivity contribution in [2.75, 3.05) is 23.3 Å². The number of hydrogen-bond donors (Lipinski definition) is 2. The Kier molecular flexibility index (Phi) is 1.99. The van der Waals surface area contributed by atoms with Gasteiger partial charge in [-0.1, -0.05) is 0 Å². The third kappa shape index (κ3) is 1.39. The van der Waals surface area contributed by atoms with E-state index in [1.165, 1.54) is 6.42 Å². The van der Waals surface area contributed by atoms with E-state index in [9.17, 15) is 4.79 Å². The smallest absolute Gasteiger partial charge is 0.354 e. The van der Waals surface area contributed by atoms with Crippen LogP contribution >= 0.6 is 0 Å². The van der Waals surface area contributed by atoms with Gasteiger partial charge in [0, 0.05) is 19.1 Å². The lowest BCUT2D eigenvalue weighted by atomic mass is 10.0. The summed E-state index contributed by atoms with van der Waals surface area (Å²) >= 11 is 0. The summed E-state index contributed by atoms with van der Waals surface area (Å²) in [7, 11) is 0. The molecule has 1 atom stereocenters. The molecule has 2 bridgehead atoms. The molecule has 2 aliphatic heterocycles. The van der Waals surface area contributed by atoms with Crippen molar-refractivity contribution in [2.45, 2.75) is 18.9 Å². The summed E-state index contributed by atoms with van der Waals surface area (Å²) in [6.45, 7) is 2.04. The van der Waals surface area contributed by atoms with E-state index in [0.29, 0.717) is 6.04 Å². The number of aromatic carboxylic acids is 1. The minimum absolute atomic E-state index is 0.104. The van der Waals surface area contributed by atoms with Gasteiger partial charge in [0.15, 0.2) is 11.5 Å². The first-order chi connectivity index (χ1) is 7.74. The number of rotatable bonds is 1. The molecular formula is C11H13N3O2. The van der Waals surface area contributed by atoms with Gasteiger partial charge in [-0.2, -0.15) is 0 Å². The second-order valence-corrected chi connectivity index (χ2v) is 4.30. The average molecular weight is 219 g/mol. The number of hydrogen-bond acceptors (Lipinski definition) is 4. The molecule has 0 amide bonds. The molecule has 2 aliphatic rings. The molecule has 3 heterocycles. The second kappa shape index (κ2) is 3.37. The Morgan fingerprint density at radius 2 is 2.44 bits per heavy atom. The van der Waals surface area contributed by atoms with Gasteiger partial charge in [0.2, 0.25) is 0 Å². The van der Waals surface area contributed by atoms with Crippen molar-refractivity contribution in [1.82, 2.24) is 4.98 Å². The Bertz CT molecular complexity index is 447. The highest BCUT2D eigenvalue weighted by Crippen LogP contribution is 2.33. The van der Waals surface area contributed by atoms with Crippen LogP contribution in [0.5, 0.6) is 0 Å². The molecule has 1 saturated heterocycles. The fraction of sp³-hybridized carbons (Fsp3) is 0.455. The van der Waals surface area contributed by atoms with E-state index >= 15 is 0 Å². The fourth-order valence-corrected chi connectivity index (χ4v) is 2.44. The minimum atomic E-state index is -0.977. The molecule has 0 unspecified atom stereocenters. The third-order valence-electron chi connectivity index (χ3n) is 3.20. The van der Waals surface area contributed by atoms with Gasteiger partial charge >= 0.3 is 5.97 Å². The Labute approximate surface area is 93.1 Å². The van der Waals surface area contributed by atoms with Crippen LogP contribution in [0, 0.1) is 0 Å². The van der Waals surface area contributed by atoms with Gasteiger partial charge in [-0.25, -0.2) is 9.78 Å². The van der Waals surface area contributed by atoms with E-state index in [4.69, 9.17) is 5.11 Å². The van der Waals surface area contributed by atoms with Gasteiger partial charge in [-0.15, -0.1) is 0 Å². The Morgan fingerprint density at radius 3 is 3.25 bits per heavy atom. The molecule has 5 heteroatoms. The Hall–Kier alpha value is -1.78. The van der Waals surface area contributed by atoms with Crippen molar-refractivity contribution < 1.29 is 9.90 Å². The zero-order valence-corrected chi connectivity index (χ0v) is 8.81. The molecule has 0 aliphatic carbocycles. The van der Waals surface area contributed by atoms with Gasteiger partial charge < -0.3 is 15.3 Å². The Morgan fingerprint density at radius 1 is 1.56 bits per heavy atom. The number of carboxylic acids is 1. The van der Waals surface area contributed by atoms with E-state index in [1.807, 2.05) is 6.07 Å². The van der Waals surface area contributed by atoms with Gasteiger partial charge in [0.1, 0.15) is 0 Å². The molecule has 0 saturated carbocycles. The minimum Gasteiger partial charge on any atom is -0.477 e. The van der Waals surface area contributed by atoms with Crippen LogP contribution in [0.1, 0.15) is 23.3 Å². The molecule has 16 heavy (non-hydrogen) atoms. The highest BCUT2D eigenvalue weighted by Gasteiger charge is 2.28. The summed E-state index contributed by atoms with van der Waals surface area (Å²) < 4.78 is 0. The number of nitrogens with zero attached hydrogens (tertiary/aromatic N) is 2. The zero-order chi connectivity index (χ0) is 11.1. The molecule has 0 spiro atoms. The highest BCUT2D eigenvalue weighted by atomic mass is 16.4. The summed E-state index contributed by atoms with van der Waals surface area (Å²) in [5.74, 6) is -0.258. The van der Waals surface area contributed by atoms with Gasteiger partial charge in [-0.3, -0.25) is 0 Å². The first kappa shape index (κ1) is 9.45. The summed E-state index contributed by atoms with van der Waals surface area (Å²) in [6, 6.07) is 3.83. The van der Waals surface area contributed by atoms with Crippen molar-refractivity contribution in [3.8, 4) is 0 Å². The molecule has 2 N–H and O–H groups in total. The number of fused-ring (bicyclic) bond motifs is 4. The van der Waals surface area contributed by atoms with Crippen LogP contribution in [0.2, 0.25) is 0 Å². The third-order valence-corrected chi connectivity index (χ3v) is 3.20. The van der Waals surface area contributed by atoms with Gasteiger partial charge in [0.25, 0.3) is 0 Å². The number of aromatic nitrogens is 1. The van der Waals surface area contributed by atoms with Gasteiger partial charge in [0.05, 0.1) is 5.69 Å². The fourth-order valence-electron chi connectivity index (χ4n) is 2.44. The van der Waals surface area contributed by atoms with Crippen LogP contribution in [0.4, 0.5) is 11.5 Å². The maximum Gasteiger partial charge on any atom is 0.354 e. The van der Waals surface area contributed by atoms with Crippen LogP contribution in [-0.2, 0) is 0 Å². The van der Waals surface area contributed by atoms with Crippen LogP contribution < -0.4 is 10.2 Å². The van der Waals surface area contributed by atoms with Crippen molar-refractivity contribution in [1.29, 1.82) is 0 Å². The molecular weight excluding hydrogens is 206 g/mol. The first-order valence-electron chi connectivity index (χ1n) is 5.50. The van der Waals surface area contributed by atoms with E-state index in [1.54, 1.807) is 6.07 Å². The van der Waals surface area contributed by atoms with Crippen molar-refractivity contribution in [3.05, 3.63) is 17.8 Å². The van der Waals surface area contributed by atoms with E-state index in [2.05, 4.69) is 15.2 Å². The largest absolute Gasteiger partial charge is 0.477 e. The van der Waals surface area contributed by atoms with Crippen LogP contribution in [0.3, 0.4) is 0 Å². The lowest BCUT2D eigenvalue weighted by Crippen LogP contribution is -2.46. The SMILES string of the molecule is O=C(O)c1ccc2c(n1)N[C@H]1CCCN2C1. The predicted molar refractivity (Wildman–Crippen MR) is 60.1 cm³/mol. The molecule has 5 nitrogen and oxygen atoms in total. The van der Waals surface area contributed by atoms with E-state index in [0.717, 1.165) is 31.0 Å². The molecule has 3 rings (SSSR count). The normalized spacial score (nSPS) is 22.2. The maximum atomic E-state index is 10.8. The summed E-state index contributed by atoms with van der Waals surface area (Å²) in [5.41, 5.74) is 1.13. The number of carbonyl (C=O) groups is 1. The first-order valence-corrected chi connectivity index (χ1v) is 5.50. The molecule has 0 aromatic carbocycles. The van der Waals surface area contributed by atoms with Crippen LogP contribution in [-0.4, -0.2) is 35.2 Å². The Balaban J connectivity index is 2.03. The summed E-state index contributed by atoms with van der Waals surface area (Å²) in [4.78, 5) is 17.2. The highest BCUT2D eigenvalue weighted by molar-refractivity contribution is 5.87. The number of nitrogens with one attached hydrogen (secondary N) is 1. The maximum absolute atomic E-state index is 10.8. The second-order valence-electron chi connectivity index (χ2n) is 4.30. The monoisotopic (exact) mass is 219 g/mol.